The normalized spacial score (nSPS) is 23.2. The highest BCUT2D eigenvalue weighted by atomic mass is 16.6. The van der Waals surface area contributed by atoms with E-state index in [-0.39, 0.29) is 12.5 Å². The molecule has 1 aliphatic rings. The molecule has 76 valence electrons. The summed E-state index contributed by atoms with van der Waals surface area (Å²) >= 11 is 0. The number of nitrogens with zero attached hydrogens (tertiary/aromatic N) is 1. The van der Waals surface area contributed by atoms with Crippen LogP contribution in [-0.4, -0.2) is 55.6 Å². The van der Waals surface area contributed by atoms with Gasteiger partial charge in [-0.3, -0.25) is 4.79 Å². The van der Waals surface area contributed by atoms with Gasteiger partial charge in [-0.05, 0) is 0 Å². The van der Waals surface area contributed by atoms with E-state index in [1.807, 2.05) is 0 Å². The number of carbonyl (C=O) groups excluding carboxylic acids is 1. The van der Waals surface area contributed by atoms with E-state index < -0.39 is 6.29 Å². The molecule has 1 N–H and O–H groups in total. The smallest absolute Gasteiger partial charge is 0.225 e. The van der Waals surface area contributed by atoms with Crippen LogP contribution in [0.2, 0.25) is 0 Å². The number of carbonyl (C=O) groups is 1. The van der Waals surface area contributed by atoms with Crippen molar-refractivity contribution in [2.24, 2.45) is 0 Å². The van der Waals surface area contributed by atoms with Crippen LogP contribution in [0.25, 0.3) is 0 Å². The molecule has 0 bridgehead atoms. The summed E-state index contributed by atoms with van der Waals surface area (Å²) in [7, 11) is 1.56. The van der Waals surface area contributed by atoms with Gasteiger partial charge in [-0.15, -0.1) is 0 Å². The number of aliphatic hydroxyl groups is 1. The molecule has 1 unspecified atom stereocenters. The molecule has 1 fully saturated rings. The second-order valence-corrected chi connectivity index (χ2v) is 2.91. The van der Waals surface area contributed by atoms with E-state index in [9.17, 15) is 4.79 Å². The van der Waals surface area contributed by atoms with Crippen LogP contribution in [0.4, 0.5) is 0 Å². The number of aliphatic hydroxyl groups excluding tert-OH is 1. The van der Waals surface area contributed by atoms with Gasteiger partial charge in [-0.25, -0.2) is 0 Å². The molecule has 5 nitrogen and oxygen atoms in total. The lowest BCUT2D eigenvalue weighted by molar-refractivity contribution is -0.164. The first-order valence-electron chi connectivity index (χ1n) is 4.30. The third-order valence-electron chi connectivity index (χ3n) is 1.92. The Hall–Kier alpha value is -0.650. The maximum absolute atomic E-state index is 11.4. The fourth-order valence-electron chi connectivity index (χ4n) is 1.21. The van der Waals surface area contributed by atoms with Gasteiger partial charge in [0.1, 0.15) is 0 Å². The van der Waals surface area contributed by atoms with Gasteiger partial charge in [-0.2, -0.15) is 0 Å². The molecule has 1 saturated heterocycles. The Balaban J connectivity index is 2.28. The van der Waals surface area contributed by atoms with Gasteiger partial charge < -0.3 is 19.5 Å². The van der Waals surface area contributed by atoms with Crippen molar-refractivity contribution in [3.8, 4) is 0 Å². The molecular weight excluding hydrogens is 174 g/mol. The fraction of sp³-hybridized carbons (Fsp3) is 0.875. The van der Waals surface area contributed by atoms with Gasteiger partial charge in [0.15, 0.2) is 6.29 Å². The Morgan fingerprint density at radius 2 is 2.54 bits per heavy atom. The number of ether oxygens (including phenoxy) is 2. The Morgan fingerprint density at radius 3 is 3.15 bits per heavy atom. The summed E-state index contributed by atoms with van der Waals surface area (Å²) in [6, 6.07) is 0. The van der Waals surface area contributed by atoms with Crippen molar-refractivity contribution in [2.75, 3.05) is 33.4 Å². The van der Waals surface area contributed by atoms with Crippen molar-refractivity contribution in [1.29, 1.82) is 0 Å². The number of hydrogen-bond acceptors (Lipinski definition) is 4. The molecule has 1 aliphatic heterocycles. The second kappa shape index (κ2) is 5.16. The van der Waals surface area contributed by atoms with E-state index in [1.54, 1.807) is 12.0 Å². The minimum Gasteiger partial charge on any atom is -0.384 e. The molecular formula is C8H15NO4. The van der Waals surface area contributed by atoms with Crippen LogP contribution in [0.15, 0.2) is 0 Å². The summed E-state index contributed by atoms with van der Waals surface area (Å²) in [4.78, 5) is 13.0. The largest absolute Gasteiger partial charge is 0.384 e. The molecule has 0 spiro atoms. The van der Waals surface area contributed by atoms with Crippen LogP contribution in [0.3, 0.4) is 0 Å². The van der Waals surface area contributed by atoms with E-state index in [0.717, 1.165) is 0 Å². The molecule has 0 saturated carbocycles. The number of β-amino-alcohol motifs (C(OH)–C–C–N with tert-alkyl or cyclic N) is 1. The van der Waals surface area contributed by atoms with Gasteiger partial charge >= 0.3 is 0 Å². The van der Waals surface area contributed by atoms with Crippen LogP contribution >= 0.6 is 0 Å². The summed E-state index contributed by atoms with van der Waals surface area (Å²) in [6.07, 6.45) is -0.469. The first-order chi connectivity index (χ1) is 6.24. The molecule has 5 heteroatoms. The van der Waals surface area contributed by atoms with Crippen molar-refractivity contribution < 1.29 is 19.4 Å². The summed E-state index contributed by atoms with van der Waals surface area (Å²) in [6.45, 7) is 1.65. The third kappa shape index (κ3) is 3.30. The number of morpholine rings is 1. The lowest BCUT2D eigenvalue weighted by Crippen LogP contribution is -2.45. The second-order valence-electron chi connectivity index (χ2n) is 2.91. The highest BCUT2D eigenvalue weighted by Crippen LogP contribution is 2.04. The maximum atomic E-state index is 11.4. The van der Waals surface area contributed by atoms with E-state index in [1.165, 1.54) is 0 Å². The summed E-state index contributed by atoms with van der Waals surface area (Å²) in [5.74, 6) is 0.00389. The molecule has 0 aromatic heterocycles. The van der Waals surface area contributed by atoms with Crippen LogP contribution in [0.5, 0.6) is 0 Å². The molecule has 0 aromatic rings. The molecule has 0 aromatic carbocycles. The van der Waals surface area contributed by atoms with Crippen molar-refractivity contribution in [3.63, 3.8) is 0 Å². The van der Waals surface area contributed by atoms with Crippen molar-refractivity contribution >= 4 is 5.91 Å². The summed E-state index contributed by atoms with van der Waals surface area (Å²) < 4.78 is 9.68. The highest BCUT2D eigenvalue weighted by molar-refractivity contribution is 5.76. The zero-order valence-corrected chi connectivity index (χ0v) is 7.73. The first-order valence-corrected chi connectivity index (χ1v) is 4.30. The fourth-order valence-corrected chi connectivity index (χ4v) is 1.21. The zero-order valence-electron chi connectivity index (χ0n) is 7.73. The first kappa shape index (κ1) is 10.4. The molecule has 1 rings (SSSR count). The minimum absolute atomic E-state index is 0.00389. The average Bonchev–Trinajstić information content (AvgIpc) is 2.14. The minimum atomic E-state index is -0.833. The number of amides is 1. The quantitative estimate of drug-likeness (QED) is 0.631. The van der Waals surface area contributed by atoms with E-state index in [2.05, 4.69) is 0 Å². The maximum Gasteiger partial charge on any atom is 0.225 e. The molecule has 13 heavy (non-hydrogen) atoms. The topological polar surface area (TPSA) is 59.0 Å². The van der Waals surface area contributed by atoms with Crippen molar-refractivity contribution in [3.05, 3.63) is 0 Å². The Bertz CT molecular complexity index is 174. The number of methoxy groups -OCH3 is 1. The van der Waals surface area contributed by atoms with Gasteiger partial charge in [0, 0.05) is 13.7 Å². The lowest BCUT2D eigenvalue weighted by Gasteiger charge is -2.30. The van der Waals surface area contributed by atoms with E-state index in [0.29, 0.717) is 26.2 Å². The predicted octanol–water partition coefficient (Wildman–Crippen LogP) is -0.800. The SMILES string of the molecule is COCCC(=O)N1CCOC(O)C1. The zero-order chi connectivity index (χ0) is 9.68. The van der Waals surface area contributed by atoms with Gasteiger partial charge in [-0.1, -0.05) is 0 Å². The van der Waals surface area contributed by atoms with Gasteiger partial charge in [0.05, 0.1) is 26.2 Å². The molecule has 1 amide bonds. The Morgan fingerprint density at radius 1 is 1.77 bits per heavy atom. The van der Waals surface area contributed by atoms with Crippen LogP contribution in [0, 0.1) is 0 Å². The number of hydrogen-bond donors (Lipinski definition) is 1. The predicted molar refractivity (Wildman–Crippen MR) is 45.0 cm³/mol. The average molecular weight is 189 g/mol. The highest BCUT2D eigenvalue weighted by Gasteiger charge is 2.21. The van der Waals surface area contributed by atoms with Gasteiger partial charge in [0.2, 0.25) is 5.91 Å². The molecule has 0 aliphatic carbocycles. The van der Waals surface area contributed by atoms with E-state index >= 15 is 0 Å². The lowest BCUT2D eigenvalue weighted by atomic mass is 10.3. The summed E-state index contributed by atoms with van der Waals surface area (Å²) in [5, 5.41) is 9.11. The van der Waals surface area contributed by atoms with Crippen LogP contribution in [-0.2, 0) is 14.3 Å². The molecule has 1 atom stereocenters. The van der Waals surface area contributed by atoms with Crippen molar-refractivity contribution in [2.45, 2.75) is 12.7 Å². The Kier molecular flexibility index (Phi) is 4.14. The third-order valence-corrected chi connectivity index (χ3v) is 1.92. The van der Waals surface area contributed by atoms with Crippen molar-refractivity contribution in [1.82, 2.24) is 4.90 Å². The number of rotatable bonds is 3. The standard InChI is InChI=1S/C8H15NO4/c1-12-4-2-7(10)9-3-5-13-8(11)6-9/h8,11H,2-6H2,1H3. The van der Waals surface area contributed by atoms with Gasteiger partial charge in [0.25, 0.3) is 0 Å². The van der Waals surface area contributed by atoms with Crippen LogP contribution in [0.1, 0.15) is 6.42 Å². The van der Waals surface area contributed by atoms with Crippen LogP contribution < -0.4 is 0 Å². The molecule has 1 heterocycles. The Labute approximate surface area is 77.2 Å². The molecule has 0 radical (unpaired) electrons. The summed E-state index contributed by atoms with van der Waals surface area (Å²) in [5.41, 5.74) is 0. The van der Waals surface area contributed by atoms with E-state index in [4.69, 9.17) is 14.6 Å². The monoisotopic (exact) mass is 189 g/mol.